The third-order valence-corrected chi connectivity index (χ3v) is 5.27. The first-order chi connectivity index (χ1) is 11.3. The molecule has 0 atom stereocenters. The lowest BCUT2D eigenvalue weighted by molar-refractivity contribution is 0.0856. The first-order valence-electron chi connectivity index (χ1n) is 8.73. The summed E-state index contributed by atoms with van der Waals surface area (Å²) < 4.78 is 5.50. The molecule has 0 amide bonds. The van der Waals surface area contributed by atoms with E-state index < -0.39 is 0 Å². The number of anilines is 1. The zero-order chi connectivity index (χ0) is 15.6. The van der Waals surface area contributed by atoms with Crippen molar-refractivity contribution >= 4 is 16.9 Å². The number of hydrogen-bond donors (Lipinski definition) is 3. The predicted molar refractivity (Wildman–Crippen MR) is 90.5 cm³/mol. The lowest BCUT2D eigenvalue weighted by Crippen LogP contribution is -2.33. The summed E-state index contributed by atoms with van der Waals surface area (Å²) in [7, 11) is 0. The van der Waals surface area contributed by atoms with Crippen LogP contribution in [0.5, 0.6) is 0 Å². The Bertz CT molecular complexity index is 656. The van der Waals surface area contributed by atoms with Crippen LogP contribution < -0.4 is 11.1 Å². The predicted octanol–water partition coefficient (Wildman–Crippen LogP) is 2.53. The second-order valence-corrected chi connectivity index (χ2v) is 6.83. The lowest BCUT2D eigenvalue weighted by Gasteiger charge is -2.28. The molecule has 1 aliphatic heterocycles. The average molecular weight is 315 g/mol. The van der Waals surface area contributed by atoms with Crippen molar-refractivity contribution < 1.29 is 4.74 Å². The van der Waals surface area contributed by atoms with Crippen molar-refractivity contribution in [3.05, 3.63) is 18.1 Å². The minimum Gasteiger partial charge on any atom is -0.381 e. The van der Waals surface area contributed by atoms with Gasteiger partial charge in [-0.1, -0.05) is 0 Å². The Morgan fingerprint density at radius 2 is 1.87 bits per heavy atom. The molecule has 3 heterocycles. The number of H-pyrrole nitrogens is 1. The number of nitrogens with zero attached hydrogens (tertiary/aromatic N) is 2. The maximum atomic E-state index is 6.02. The van der Waals surface area contributed by atoms with E-state index in [4.69, 9.17) is 10.5 Å². The van der Waals surface area contributed by atoms with Crippen LogP contribution in [-0.2, 0) is 4.74 Å². The molecule has 4 rings (SSSR count). The van der Waals surface area contributed by atoms with E-state index in [-0.39, 0.29) is 0 Å². The number of ether oxygens (including phenoxy) is 1. The summed E-state index contributed by atoms with van der Waals surface area (Å²) >= 11 is 0. The molecule has 6 nitrogen and oxygen atoms in total. The van der Waals surface area contributed by atoms with Gasteiger partial charge in [-0.2, -0.15) is 0 Å². The fraction of sp³-hybridized carbons (Fsp3) is 0.647. The largest absolute Gasteiger partial charge is 0.381 e. The molecule has 1 saturated heterocycles. The van der Waals surface area contributed by atoms with Crippen molar-refractivity contribution in [3.63, 3.8) is 0 Å². The van der Waals surface area contributed by atoms with Gasteiger partial charge >= 0.3 is 0 Å². The molecule has 1 saturated carbocycles. The molecule has 124 valence electrons. The quantitative estimate of drug-likeness (QED) is 0.810. The van der Waals surface area contributed by atoms with Gasteiger partial charge < -0.3 is 20.8 Å². The average Bonchev–Trinajstić information content (AvgIpc) is 3.03. The van der Waals surface area contributed by atoms with Crippen LogP contribution in [0.15, 0.2) is 12.5 Å². The summed E-state index contributed by atoms with van der Waals surface area (Å²) in [5.41, 5.74) is 8.28. The van der Waals surface area contributed by atoms with Crippen LogP contribution >= 0.6 is 0 Å². The van der Waals surface area contributed by atoms with Gasteiger partial charge in [-0.15, -0.1) is 0 Å². The van der Waals surface area contributed by atoms with E-state index in [0.717, 1.165) is 68.6 Å². The number of rotatable bonds is 3. The number of aromatic amines is 1. The first kappa shape index (κ1) is 14.9. The normalized spacial score (nSPS) is 26.5. The zero-order valence-electron chi connectivity index (χ0n) is 13.4. The second kappa shape index (κ2) is 6.45. The number of fused-ring (bicyclic) bond motifs is 1. The summed E-state index contributed by atoms with van der Waals surface area (Å²) in [4.78, 5) is 12.3. The molecule has 0 aromatic carbocycles. The third-order valence-electron chi connectivity index (χ3n) is 5.27. The summed E-state index contributed by atoms with van der Waals surface area (Å²) in [6, 6.07) is 0.828. The molecule has 0 unspecified atom stereocenters. The van der Waals surface area contributed by atoms with E-state index in [0.29, 0.717) is 18.0 Å². The zero-order valence-corrected chi connectivity index (χ0v) is 13.4. The standard InChI is InChI=1S/C17H25N5O/c18-12-1-3-13(4-2-12)22-17-15-14(11-5-7-23-8-6-11)9-19-16(15)20-10-21-17/h9-13H,1-8,18H2,(H2,19,20,21,22)/t12-,13-. The van der Waals surface area contributed by atoms with Crippen molar-refractivity contribution in [2.45, 2.75) is 56.5 Å². The monoisotopic (exact) mass is 315 g/mol. The highest BCUT2D eigenvalue weighted by atomic mass is 16.5. The van der Waals surface area contributed by atoms with Crippen LogP contribution in [-0.4, -0.2) is 40.2 Å². The van der Waals surface area contributed by atoms with E-state index in [9.17, 15) is 0 Å². The van der Waals surface area contributed by atoms with Crippen LogP contribution in [0.4, 0.5) is 5.82 Å². The maximum Gasteiger partial charge on any atom is 0.143 e. The van der Waals surface area contributed by atoms with Crippen LogP contribution in [0.25, 0.3) is 11.0 Å². The Morgan fingerprint density at radius 3 is 2.65 bits per heavy atom. The molecule has 1 aliphatic carbocycles. The number of aromatic nitrogens is 3. The van der Waals surface area contributed by atoms with Crippen LogP contribution in [0.1, 0.15) is 50.0 Å². The Labute approximate surface area is 136 Å². The van der Waals surface area contributed by atoms with Gasteiger partial charge in [-0.25, -0.2) is 9.97 Å². The topological polar surface area (TPSA) is 88.9 Å². The summed E-state index contributed by atoms with van der Waals surface area (Å²) in [5, 5.41) is 4.81. The van der Waals surface area contributed by atoms with Crippen molar-refractivity contribution in [1.82, 2.24) is 15.0 Å². The lowest BCUT2D eigenvalue weighted by atomic mass is 9.90. The highest BCUT2D eigenvalue weighted by molar-refractivity contribution is 5.90. The Kier molecular flexibility index (Phi) is 4.18. The Balaban J connectivity index is 1.62. The smallest absolute Gasteiger partial charge is 0.143 e. The van der Waals surface area contributed by atoms with Gasteiger partial charge in [-0.05, 0) is 50.0 Å². The Morgan fingerprint density at radius 1 is 1.09 bits per heavy atom. The second-order valence-electron chi connectivity index (χ2n) is 6.83. The molecule has 0 bridgehead atoms. The van der Waals surface area contributed by atoms with E-state index >= 15 is 0 Å². The summed E-state index contributed by atoms with van der Waals surface area (Å²) in [5.74, 6) is 1.50. The van der Waals surface area contributed by atoms with Gasteiger partial charge in [0.25, 0.3) is 0 Å². The van der Waals surface area contributed by atoms with Gasteiger partial charge in [0, 0.05) is 31.5 Å². The van der Waals surface area contributed by atoms with Crippen molar-refractivity contribution in [3.8, 4) is 0 Å². The Hall–Kier alpha value is -1.66. The van der Waals surface area contributed by atoms with Gasteiger partial charge in [0.2, 0.25) is 0 Å². The van der Waals surface area contributed by atoms with Crippen LogP contribution in [0.2, 0.25) is 0 Å². The number of nitrogens with two attached hydrogens (primary N) is 1. The highest BCUT2D eigenvalue weighted by Crippen LogP contribution is 2.35. The minimum atomic E-state index is 0.364. The van der Waals surface area contributed by atoms with Crippen LogP contribution in [0, 0.1) is 0 Å². The summed E-state index contributed by atoms with van der Waals surface area (Å²) in [6.45, 7) is 1.68. The van der Waals surface area contributed by atoms with Gasteiger partial charge in [0.1, 0.15) is 17.8 Å². The molecule has 23 heavy (non-hydrogen) atoms. The molecular weight excluding hydrogens is 290 g/mol. The van der Waals surface area contributed by atoms with E-state index in [1.54, 1.807) is 6.33 Å². The molecule has 0 radical (unpaired) electrons. The van der Waals surface area contributed by atoms with Crippen LogP contribution in [0.3, 0.4) is 0 Å². The first-order valence-corrected chi connectivity index (χ1v) is 8.73. The molecule has 2 aromatic rings. The molecule has 4 N–H and O–H groups in total. The van der Waals surface area contributed by atoms with Gasteiger partial charge in [-0.3, -0.25) is 0 Å². The van der Waals surface area contributed by atoms with Crippen molar-refractivity contribution in [1.29, 1.82) is 0 Å². The molecule has 6 heteroatoms. The molecular formula is C17H25N5O. The molecule has 2 fully saturated rings. The van der Waals surface area contributed by atoms with Crippen molar-refractivity contribution in [2.75, 3.05) is 18.5 Å². The van der Waals surface area contributed by atoms with Gasteiger partial charge in [0.15, 0.2) is 0 Å². The molecule has 2 aliphatic rings. The van der Waals surface area contributed by atoms with E-state index in [1.165, 1.54) is 5.56 Å². The van der Waals surface area contributed by atoms with Gasteiger partial charge in [0.05, 0.1) is 5.39 Å². The number of hydrogen-bond acceptors (Lipinski definition) is 5. The van der Waals surface area contributed by atoms with E-state index in [2.05, 4.69) is 26.5 Å². The third kappa shape index (κ3) is 3.05. The SMILES string of the molecule is N[C@H]1CC[C@H](Nc2ncnc3[nH]cc(C4CCOCC4)c23)CC1. The fourth-order valence-electron chi connectivity index (χ4n) is 3.88. The number of nitrogens with one attached hydrogen (secondary N) is 2. The fourth-order valence-corrected chi connectivity index (χ4v) is 3.88. The minimum absolute atomic E-state index is 0.364. The highest BCUT2D eigenvalue weighted by Gasteiger charge is 2.24. The van der Waals surface area contributed by atoms with Crippen molar-refractivity contribution in [2.24, 2.45) is 5.73 Å². The maximum absolute atomic E-state index is 6.02. The van der Waals surface area contributed by atoms with E-state index in [1.807, 2.05) is 0 Å². The molecule has 2 aromatic heterocycles. The molecule has 0 spiro atoms. The summed E-state index contributed by atoms with van der Waals surface area (Å²) in [6.07, 6.45) is 10.3.